The minimum Gasteiger partial charge on any atom is -0.454 e. The monoisotopic (exact) mass is 387 g/mol. The van der Waals surface area contributed by atoms with E-state index >= 15 is 0 Å². The van der Waals surface area contributed by atoms with Crippen molar-refractivity contribution in [3.05, 3.63) is 48.3 Å². The molecular weight excluding hydrogens is 373 g/mol. The maximum absolute atomic E-state index is 12.9. The molecule has 2 aromatic carbocycles. The number of nitrogens with one attached hydrogen (secondary N) is 1. The fraction of sp³-hybridized carbons (Fsp3) is 0.167. The first-order valence-electron chi connectivity index (χ1n) is 8.05. The average molecular weight is 387 g/mol. The van der Waals surface area contributed by atoms with Crippen molar-refractivity contribution in [3.8, 4) is 23.0 Å². The Morgan fingerprint density at radius 3 is 2.74 bits per heavy atom. The van der Waals surface area contributed by atoms with Crippen LogP contribution in [0.1, 0.15) is 6.92 Å². The molecule has 0 aliphatic carbocycles. The predicted octanol–water partition coefficient (Wildman–Crippen LogP) is 3.72. The minimum atomic E-state index is -0.486. The zero-order chi connectivity index (χ0) is 18.8. The van der Waals surface area contributed by atoms with Crippen LogP contribution in [0, 0.1) is 5.82 Å². The Morgan fingerprint density at radius 2 is 1.93 bits per heavy atom. The van der Waals surface area contributed by atoms with Crippen molar-refractivity contribution < 1.29 is 23.1 Å². The third-order valence-corrected chi connectivity index (χ3v) is 4.72. The first kappa shape index (κ1) is 17.3. The van der Waals surface area contributed by atoms with Gasteiger partial charge in [0.05, 0.1) is 5.25 Å². The van der Waals surface area contributed by atoms with Gasteiger partial charge < -0.3 is 19.2 Å². The molecule has 9 heteroatoms. The number of fused-ring (bicyclic) bond motifs is 1. The summed E-state index contributed by atoms with van der Waals surface area (Å²) < 4.78 is 29.2. The smallest absolute Gasteiger partial charge is 0.277 e. The van der Waals surface area contributed by atoms with Crippen LogP contribution in [-0.2, 0) is 4.79 Å². The number of rotatable bonds is 5. The van der Waals surface area contributed by atoms with Gasteiger partial charge in [-0.3, -0.25) is 4.79 Å². The van der Waals surface area contributed by atoms with E-state index in [2.05, 4.69) is 15.5 Å². The highest BCUT2D eigenvalue weighted by atomic mass is 32.2. The van der Waals surface area contributed by atoms with Gasteiger partial charge in [0.1, 0.15) is 5.82 Å². The number of anilines is 1. The van der Waals surface area contributed by atoms with Gasteiger partial charge in [-0.2, -0.15) is 0 Å². The summed E-state index contributed by atoms with van der Waals surface area (Å²) in [5, 5.41) is 10.5. The van der Waals surface area contributed by atoms with Crippen LogP contribution < -0.4 is 14.8 Å². The molecule has 1 aromatic heterocycles. The molecule has 3 aromatic rings. The third-order valence-electron chi connectivity index (χ3n) is 3.78. The molecule has 0 bridgehead atoms. The van der Waals surface area contributed by atoms with Gasteiger partial charge in [0.25, 0.3) is 5.22 Å². The van der Waals surface area contributed by atoms with Crippen LogP contribution in [0.25, 0.3) is 11.5 Å². The number of ether oxygens (including phenoxy) is 2. The van der Waals surface area contributed by atoms with Gasteiger partial charge in [-0.15, -0.1) is 10.2 Å². The Balaban J connectivity index is 1.41. The zero-order valence-corrected chi connectivity index (χ0v) is 15.0. The second-order valence-electron chi connectivity index (χ2n) is 5.70. The van der Waals surface area contributed by atoms with Crippen molar-refractivity contribution in [1.82, 2.24) is 10.2 Å². The molecule has 1 aliphatic rings. The summed E-state index contributed by atoms with van der Waals surface area (Å²) in [5.74, 6) is 0.986. The summed E-state index contributed by atoms with van der Waals surface area (Å²) in [5.41, 5.74) is 1.21. The van der Waals surface area contributed by atoms with E-state index in [1.165, 1.54) is 24.3 Å². The molecule has 2 heterocycles. The van der Waals surface area contributed by atoms with Crippen molar-refractivity contribution >= 4 is 23.4 Å². The van der Waals surface area contributed by atoms with Crippen molar-refractivity contribution in [3.63, 3.8) is 0 Å². The predicted molar refractivity (Wildman–Crippen MR) is 96.2 cm³/mol. The zero-order valence-electron chi connectivity index (χ0n) is 14.1. The standard InChI is InChI=1S/C18H14FN3O4S/c1-10(16(23)20-13-5-3-12(19)4-6-13)27-18-22-21-17(26-18)11-2-7-14-15(8-11)25-9-24-14/h2-8,10H,9H2,1H3,(H,20,23). The summed E-state index contributed by atoms with van der Waals surface area (Å²) in [4.78, 5) is 12.3. The molecule has 1 N–H and O–H groups in total. The molecular formula is C18H14FN3O4S. The maximum atomic E-state index is 12.9. The fourth-order valence-corrected chi connectivity index (χ4v) is 3.07. The Kier molecular flexibility index (Phi) is 4.68. The highest BCUT2D eigenvalue weighted by Gasteiger charge is 2.20. The van der Waals surface area contributed by atoms with Crippen LogP contribution in [0.2, 0.25) is 0 Å². The number of thioether (sulfide) groups is 1. The van der Waals surface area contributed by atoms with E-state index in [0.717, 1.165) is 11.8 Å². The topological polar surface area (TPSA) is 86.5 Å². The largest absolute Gasteiger partial charge is 0.454 e. The number of carbonyl (C=O) groups is 1. The number of amides is 1. The van der Waals surface area contributed by atoms with Gasteiger partial charge in [0.15, 0.2) is 11.5 Å². The number of hydrogen-bond donors (Lipinski definition) is 1. The summed E-state index contributed by atoms with van der Waals surface area (Å²) in [7, 11) is 0. The summed E-state index contributed by atoms with van der Waals surface area (Å²) in [6.07, 6.45) is 0. The Morgan fingerprint density at radius 1 is 1.15 bits per heavy atom. The van der Waals surface area contributed by atoms with Crippen LogP contribution in [0.4, 0.5) is 10.1 Å². The van der Waals surface area contributed by atoms with E-state index < -0.39 is 5.25 Å². The molecule has 0 spiro atoms. The number of carbonyl (C=O) groups excluding carboxylic acids is 1. The van der Waals surface area contributed by atoms with Crippen LogP contribution in [0.5, 0.6) is 11.5 Å². The number of nitrogens with zero attached hydrogens (tertiary/aromatic N) is 2. The summed E-state index contributed by atoms with van der Waals surface area (Å²) in [6.45, 7) is 1.90. The van der Waals surface area contributed by atoms with Gasteiger partial charge in [0, 0.05) is 11.3 Å². The van der Waals surface area contributed by atoms with Crippen LogP contribution in [0.3, 0.4) is 0 Å². The molecule has 0 saturated heterocycles. The first-order valence-corrected chi connectivity index (χ1v) is 8.93. The molecule has 1 aliphatic heterocycles. The van der Waals surface area contributed by atoms with E-state index in [0.29, 0.717) is 28.6 Å². The van der Waals surface area contributed by atoms with Crippen LogP contribution >= 0.6 is 11.8 Å². The third kappa shape index (κ3) is 3.87. The molecule has 0 radical (unpaired) electrons. The van der Waals surface area contributed by atoms with Crippen molar-refractivity contribution in [2.75, 3.05) is 12.1 Å². The van der Waals surface area contributed by atoms with E-state index in [-0.39, 0.29) is 23.7 Å². The molecule has 27 heavy (non-hydrogen) atoms. The molecule has 7 nitrogen and oxygen atoms in total. The highest BCUT2D eigenvalue weighted by molar-refractivity contribution is 8.00. The van der Waals surface area contributed by atoms with Gasteiger partial charge in [-0.05, 0) is 49.4 Å². The van der Waals surface area contributed by atoms with Gasteiger partial charge in [-0.25, -0.2) is 4.39 Å². The Labute approximate surface area is 157 Å². The summed E-state index contributed by atoms with van der Waals surface area (Å²) in [6, 6.07) is 10.9. The van der Waals surface area contributed by atoms with Gasteiger partial charge >= 0.3 is 0 Å². The fourth-order valence-electron chi connectivity index (χ4n) is 2.39. The van der Waals surface area contributed by atoms with Crippen molar-refractivity contribution in [1.29, 1.82) is 0 Å². The lowest BCUT2D eigenvalue weighted by atomic mass is 10.2. The van der Waals surface area contributed by atoms with Crippen molar-refractivity contribution in [2.45, 2.75) is 17.4 Å². The Hall–Kier alpha value is -3.07. The number of hydrogen-bond acceptors (Lipinski definition) is 7. The van der Waals surface area contributed by atoms with E-state index in [9.17, 15) is 9.18 Å². The van der Waals surface area contributed by atoms with Crippen LogP contribution in [0.15, 0.2) is 52.1 Å². The Bertz CT molecular complexity index is 977. The van der Waals surface area contributed by atoms with E-state index in [4.69, 9.17) is 13.9 Å². The van der Waals surface area contributed by atoms with Gasteiger partial charge in [-0.1, -0.05) is 11.8 Å². The van der Waals surface area contributed by atoms with E-state index in [1.807, 2.05) is 0 Å². The van der Waals surface area contributed by atoms with Crippen LogP contribution in [-0.4, -0.2) is 28.1 Å². The van der Waals surface area contributed by atoms with Crippen molar-refractivity contribution in [2.24, 2.45) is 0 Å². The molecule has 4 rings (SSSR count). The van der Waals surface area contributed by atoms with E-state index in [1.54, 1.807) is 25.1 Å². The lowest BCUT2D eigenvalue weighted by Gasteiger charge is -2.09. The number of benzene rings is 2. The molecule has 138 valence electrons. The number of aromatic nitrogens is 2. The number of halogens is 1. The lowest BCUT2D eigenvalue weighted by Crippen LogP contribution is -2.22. The average Bonchev–Trinajstić information content (AvgIpc) is 3.32. The molecule has 1 unspecified atom stereocenters. The molecule has 0 fully saturated rings. The minimum absolute atomic E-state index is 0.185. The lowest BCUT2D eigenvalue weighted by molar-refractivity contribution is -0.115. The second kappa shape index (κ2) is 7.28. The molecule has 0 saturated carbocycles. The van der Waals surface area contributed by atoms with Gasteiger partial charge in [0.2, 0.25) is 18.6 Å². The second-order valence-corrected chi connectivity index (χ2v) is 6.99. The summed E-state index contributed by atoms with van der Waals surface area (Å²) >= 11 is 1.13. The maximum Gasteiger partial charge on any atom is 0.277 e. The SMILES string of the molecule is CC(Sc1nnc(-c2ccc3c(c2)OCO3)o1)C(=O)Nc1ccc(F)cc1. The quantitative estimate of drug-likeness (QED) is 0.668. The molecule has 1 atom stereocenters. The normalized spacial score (nSPS) is 13.4. The first-order chi connectivity index (χ1) is 13.1. The molecule has 1 amide bonds. The highest BCUT2D eigenvalue weighted by Crippen LogP contribution is 2.36.